The zero-order valence-electron chi connectivity index (χ0n) is 11.7. The molecular formula is C15H25NO. The van der Waals surface area contributed by atoms with Crippen LogP contribution in [0, 0.1) is 5.92 Å². The lowest BCUT2D eigenvalue weighted by Crippen LogP contribution is -2.16. The lowest BCUT2D eigenvalue weighted by Gasteiger charge is -2.16. The molecule has 2 nitrogen and oxygen atoms in total. The van der Waals surface area contributed by atoms with Crippen LogP contribution in [0.3, 0.4) is 0 Å². The van der Waals surface area contributed by atoms with E-state index < -0.39 is 0 Å². The maximum Gasteiger partial charge on any atom is 0.158 e. The topological polar surface area (TPSA) is 29.1 Å². The molecule has 0 radical (unpaired) electrons. The quantitative estimate of drug-likeness (QED) is 0.539. The van der Waals surface area contributed by atoms with Crippen molar-refractivity contribution in [3.8, 4) is 0 Å². The molecule has 0 bridgehead atoms. The number of hydrogen-bond acceptors (Lipinski definition) is 2. The molecule has 1 atom stereocenters. The van der Waals surface area contributed by atoms with E-state index in [0.717, 1.165) is 24.1 Å². The first kappa shape index (κ1) is 15.7. The lowest BCUT2D eigenvalue weighted by molar-refractivity contribution is -0.114. The summed E-state index contributed by atoms with van der Waals surface area (Å²) in [6.07, 6.45) is 10.2. The summed E-state index contributed by atoms with van der Waals surface area (Å²) in [4.78, 5) is 11.7. The van der Waals surface area contributed by atoms with Gasteiger partial charge in [-0.3, -0.25) is 4.79 Å². The second kappa shape index (κ2) is 8.80. The molecule has 0 aromatic carbocycles. The Hall–Kier alpha value is -1.31. The molecule has 0 aromatic rings. The minimum absolute atomic E-state index is 0.146. The van der Waals surface area contributed by atoms with E-state index in [0.29, 0.717) is 0 Å². The van der Waals surface area contributed by atoms with Crippen molar-refractivity contribution in [3.05, 3.63) is 35.6 Å². The van der Waals surface area contributed by atoms with E-state index in [1.807, 2.05) is 26.1 Å². The number of carbonyl (C=O) groups is 1. The van der Waals surface area contributed by atoms with Gasteiger partial charge in [-0.2, -0.15) is 0 Å². The number of allylic oxidation sites excluding steroid dienone is 6. The first-order valence-corrected chi connectivity index (χ1v) is 6.31. The minimum Gasteiger partial charge on any atom is -0.391 e. The minimum atomic E-state index is 0.146. The Morgan fingerprint density at radius 2 is 1.88 bits per heavy atom. The zero-order chi connectivity index (χ0) is 13.3. The monoisotopic (exact) mass is 235 g/mol. The van der Waals surface area contributed by atoms with Crippen LogP contribution in [0.5, 0.6) is 0 Å². The maximum atomic E-state index is 11.7. The number of carbonyl (C=O) groups excluding carboxylic acids is 1. The van der Waals surface area contributed by atoms with Crippen LogP contribution in [-0.4, -0.2) is 12.8 Å². The largest absolute Gasteiger partial charge is 0.391 e. The van der Waals surface area contributed by atoms with E-state index >= 15 is 0 Å². The summed E-state index contributed by atoms with van der Waals surface area (Å²) < 4.78 is 0. The summed E-state index contributed by atoms with van der Waals surface area (Å²) in [7, 11) is 1.85. The molecule has 0 saturated carbocycles. The second-order valence-corrected chi connectivity index (χ2v) is 4.08. The Morgan fingerprint density at radius 1 is 1.24 bits per heavy atom. The van der Waals surface area contributed by atoms with Crippen molar-refractivity contribution in [1.29, 1.82) is 0 Å². The molecule has 2 heteroatoms. The maximum absolute atomic E-state index is 11.7. The fourth-order valence-corrected chi connectivity index (χ4v) is 1.79. The molecule has 96 valence electrons. The number of hydrogen-bond donors (Lipinski definition) is 1. The van der Waals surface area contributed by atoms with Crippen LogP contribution >= 0.6 is 0 Å². The van der Waals surface area contributed by atoms with E-state index in [9.17, 15) is 4.79 Å². The summed E-state index contributed by atoms with van der Waals surface area (Å²) in [6.45, 7) is 7.79. The van der Waals surface area contributed by atoms with Gasteiger partial charge in [0.25, 0.3) is 0 Å². The molecular weight excluding hydrogens is 210 g/mol. The van der Waals surface area contributed by atoms with E-state index in [4.69, 9.17) is 0 Å². The molecule has 1 unspecified atom stereocenters. The van der Waals surface area contributed by atoms with E-state index in [-0.39, 0.29) is 11.7 Å². The van der Waals surface area contributed by atoms with Crippen molar-refractivity contribution >= 4 is 5.78 Å². The smallest absolute Gasteiger partial charge is 0.158 e. The first-order valence-electron chi connectivity index (χ1n) is 6.31. The predicted octanol–water partition coefficient (Wildman–Crippen LogP) is 3.62. The Balaban J connectivity index is 5.00. The predicted molar refractivity (Wildman–Crippen MR) is 74.8 cm³/mol. The number of Topliss-reactive ketones (excluding diaryl/α,β-unsaturated/α-hetero) is 1. The molecule has 0 spiro atoms. The molecule has 0 saturated heterocycles. The fourth-order valence-electron chi connectivity index (χ4n) is 1.79. The van der Waals surface area contributed by atoms with Crippen molar-refractivity contribution in [3.63, 3.8) is 0 Å². The van der Waals surface area contributed by atoms with Crippen LogP contribution in [0.15, 0.2) is 35.6 Å². The highest BCUT2D eigenvalue weighted by atomic mass is 16.1. The van der Waals surface area contributed by atoms with Crippen LogP contribution in [0.4, 0.5) is 0 Å². The summed E-state index contributed by atoms with van der Waals surface area (Å²) in [6, 6.07) is 0. The standard InChI is InChI=1S/C15H25NO/c1-6-8-9-10-11-14(7-2)15(13(4)17)12(3)16-5/h8-11,14,16H,6-7H2,1-5H3/b9-8-,11-10-,15-12?. The van der Waals surface area contributed by atoms with E-state index in [2.05, 4.69) is 31.3 Å². The average Bonchev–Trinajstić information content (AvgIpc) is 2.31. The highest BCUT2D eigenvalue weighted by molar-refractivity contribution is 5.94. The third kappa shape index (κ3) is 5.53. The number of ketones is 1. The molecule has 0 amide bonds. The fraction of sp³-hybridized carbons (Fsp3) is 0.533. The third-order valence-corrected chi connectivity index (χ3v) is 2.80. The highest BCUT2D eigenvalue weighted by Gasteiger charge is 2.16. The molecule has 0 aromatic heterocycles. The van der Waals surface area contributed by atoms with E-state index in [1.54, 1.807) is 6.92 Å². The van der Waals surface area contributed by atoms with Gasteiger partial charge >= 0.3 is 0 Å². The molecule has 0 heterocycles. The van der Waals surface area contributed by atoms with Crippen molar-refractivity contribution < 1.29 is 4.79 Å². The van der Waals surface area contributed by atoms with Crippen molar-refractivity contribution in [1.82, 2.24) is 5.32 Å². The van der Waals surface area contributed by atoms with Gasteiger partial charge in [-0.25, -0.2) is 0 Å². The highest BCUT2D eigenvalue weighted by Crippen LogP contribution is 2.20. The van der Waals surface area contributed by atoms with Gasteiger partial charge in [-0.15, -0.1) is 0 Å². The van der Waals surface area contributed by atoms with Gasteiger partial charge in [0.05, 0.1) is 0 Å². The molecule has 0 fully saturated rings. The van der Waals surface area contributed by atoms with Gasteiger partial charge in [-0.05, 0) is 26.7 Å². The van der Waals surface area contributed by atoms with Gasteiger partial charge in [0.15, 0.2) is 5.78 Å². The van der Waals surface area contributed by atoms with Gasteiger partial charge in [0, 0.05) is 24.2 Å². The summed E-state index contributed by atoms with van der Waals surface area (Å²) >= 11 is 0. The van der Waals surface area contributed by atoms with Gasteiger partial charge in [0.1, 0.15) is 0 Å². The van der Waals surface area contributed by atoms with Crippen LogP contribution in [-0.2, 0) is 4.79 Å². The Bertz CT molecular complexity index is 324. The number of rotatable bonds is 7. The molecule has 1 N–H and O–H groups in total. The molecule has 0 rings (SSSR count). The molecule has 0 aliphatic carbocycles. The Labute approximate surface area is 105 Å². The van der Waals surface area contributed by atoms with E-state index in [1.165, 1.54) is 0 Å². The van der Waals surface area contributed by atoms with Crippen LogP contribution in [0.2, 0.25) is 0 Å². The van der Waals surface area contributed by atoms with Gasteiger partial charge in [-0.1, -0.05) is 38.2 Å². The van der Waals surface area contributed by atoms with Crippen molar-refractivity contribution in [2.24, 2.45) is 5.92 Å². The van der Waals surface area contributed by atoms with Crippen molar-refractivity contribution in [2.75, 3.05) is 7.05 Å². The van der Waals surface area contributed by atoms with Crippen LogP contribution in [0.25, 0.3) is 0 Å². The Kier molecular flexibility index (Phi) is 8.12. The lowest BCUT2D eigenvalue weighted by atomic mass is 9.91. The molecule has 0 aliphatic heterocycles. The van der Waals surface area contributed by atoms with Crippen molar-refractivity contribution in [2.45, 2.75) is 40.5 Å². The average molecular weight is 235 g/mol. The second-order valence-electron chi connectivity index (χ2n) is 4.08. The molecule has 17 heavy (non-hydrogen) atoms. The van der Waals surface area contributed by atoms with Crippen LogP contribution < -0.4 is 5.32 Å². The normalized spacial score (nSPS) is 15.1. The third-order valence-electron chi connectivity index (χ3n) is 2.80. The first-order chi connectivity index (χ1) is 8.08. The van der Waals surface area contributed by atoms with Crippen LogP contribution in [0.1, 0.15) is 40.5 Å². The molecule has 0 aliphatic rings. The zero-order valence-corrected chi connectivity index (χ0v) is 11.7. The summed E-state index contributed by atoms with van der Waals surface area (Å²) in [5, 5.41) is 3.07. The summed E-state index contributed by atoms with van der Waals surface area (Å²) in [5.41, 5.74) is 1.85. The SMILES string of the molecule is CC/C=C\C=C/C(CC)C(C(C)=O)=C(C)NC. The van der Waals surface area contributed by atoms with Gasteiger partial charge in [0.2, 0.25) is 0 Å². The summed E-state index contributed by atoms with van der Waals surface area (Å²) in [5.74, 6) is 0.342. The van der Waals surface area contributed by atoms with Gasteiger partial charge < -0.3 is 5.32 Å². The number of nitrogens with one attached hydrogen (secondary N) is 1. The Morgan fingerprint density at radius 3 is 2.29 bits per heavy atom.